The molecule has 1 amide bonds. The number of aromatic nitrogens is 1. The molecule has 6 heteroatoms. The maximum absolute atomic E-state index is 11.7. The Hall–Kier alpha value is -1.52. The van der Waals surface area contributed by atoms with Crippen molar-refractivity contribution in [3.8, 4) is 0 Å². The average Bonchev–Trinajstić information content (AvgIpc) is 2.70. The van der Waals surface area contributed by atoms with Crippen LogP contribution in [0.15, 0.2) is 28.8 Å². The summed E-state index contributed by atoms with van der Waals surface area (Å²) in [6, 6.07) is 4.72. The largest absolute Gasteiger partial charge is 0.440 e. The van der Waals surface area contributed by atoms with Crippen molar-refractivity contribution in [2.45, 2.75) is 6.92 Å². The van der Waals surface area contributed by atoms with Gasteiger partial charge in [-0.1, -0.05) is 11.6 Å². The van der Waals surface area contributed by atoms with Crippen LogP contribution in [0, 0.1) is 6.92 Å². The van der Waals surface area contributed by atoms with Gasteiger partial charge in [-0.05, 0) is 42.3 Å². The number of amides is 1. The van der Waals surface area contributed by atoms with E-state index in [1.807, 2.05) is 0 Å². The maximum Gasteiger partial charge on any atom is 0.291 e. The van der Waals surface area contributed by atoms with E-state index in [9.17, 15) is 4.79 Å². The summed E-state index contributed by atoms with van der Waals surface area (Å²) in [6.45, 7) is 1.80. The molecule has 2 heterocycles. The molecule has 88 valence electrons. The lowest BCUT2D eigenvalue weighted by molar-refractivity contribution is 0.0996. The second kappa shape index (κ2) is 4.77. The van der Waals surface area contributed by atoms with Crippen LogP contribution in [0.5, 0.6) is 0 Å². The van der Waals surface area contributed by atoms with Gasteiger partial charge in [-0.15, -0.1) is 0 Å². The zero-order valence-electron chi connectivity index (χ0n) is 8.83. The van der Waals surface area contributed by atoms with Gasteiger partial charge in [-0.25, -0.2) is 4.98 Å². The highest BCUT2D eigenvalue weighted by molar-refractivity contribution is 6.30. The van der Waals surface area contributed by atoms with Crippen LogP contribution in [0.1, 0.15) is 16.1 Å². The Kier molecular flexibility index (Phi) is 3.36. The monoisotopic (exact) mass is 270 g/mol. The molecule has 0 aromatic carbocycles. The molecule has 17 heavy (non-hydrogen) atoms. The second-order valence-corrected chi connectivity index (χ2v) is 4.12. The van der Waals surface area contributed by atoms with Crippen molar-refractivity contribution in [3.63, 3.8) is 0 Å². The highest BCUT2D eigenvalue weighted by Crippen LogP contribution is 2.18. The molecule has 0 atom stereocenters. The van der Waals surface area contributed by atoms with Gasteiger partial charge < -0.3 is 9.73 Å². The van der Waals surface area contributed by atoms with E-state index < -0.39 is 0 Å². The van der Waals surface area contributed by atoms with E-state index in [0.29, 0.717) is 10.8 Å². The van der Waals surface area contributed by atoms with E-state index in [1.165, 1.54) is 18.3 Å². The smallest absolute Gasteiger partial charge is 0.291 e. The Morgan fingerprint density at radius 1 is 1.41 bits per heavy atom. The molecule has 2 aromatic rings. The number of furan rings is 1. The summed E-state index contributed by atoms with van der Waals surface area (Å²) in [6.07, 6.45) is 1.47. The van der Waals surface area contributed by atoms with Crippen LogP contribution in [-0.4, -0.2) is 10.9 Å². The van der Waals surface area contributed by atoms with Gasteiger partial charge in [0.25, 0.3) is 5.91 Å². The van der Waals surface area contributed by atoms with Crippen LogP contribution in [0.25, 0.3) is 0 Å². The normalized spacial score (nSPS) is 10.3. The molecule has 2 rings (SSSR count). The summed E-state index contributed by atoms with van der Waals surface area (Å²) in [7, 11) is 0. The summed E-state index contributed by atoms with van der Waals surface area (Å²) in [5.41, 5.74) is 1.33. The SMILES string of the molecule is Cc1cc(NC(=O)c2ccc(Cl)o2)cnc1Cl. The third-order valence-corrected chi connectivity index (χ3v) is 2.67. The zero-order valence-corrected chi connectivity index (χ0v) is 10.3. The second-order valence-electron chi connectivity index (χ2n) is 3.39. The number of nitrogens with one attached hydrogen (secondary N) is 1. The van der Waals surface area contributed by atoms with E-state index in [-0.39, 0.29) is 16.9 Å². The van der Waals surface area contributed by atoms with Crippen LogP contribution >= 0.6 is 23.2 Å². The maximum atomic E-state index is 11.7. The first-order chi connectivity index (χ1) is 8.06. The van der Waals surface area contributed by atoms with Gasteiger partial charge in [-0.2, -0.15) is 0 Å². The summed E-state index contributed by atoms with van der Waals surface area (Å²) in [5, 5.41) is 3.20. The van der Waals surface area contributed by atoms with Gasteiger partial charge in [0.15, 0.2) is 11.0 Å². The predicted molar refractivity (Wildman–Crippen MR) is 65.7 cm³/mol. The minimum absolute atomic E-state index is 0.141. The van der Waals surface area contributed by atoms with E-state index in [0.717, 1.165) is 5.56 Å². The molecule has 1 N–H and O–H groups in total. The van der Waals surface area contributed by atoms with Gasteiger partial charge in [0, 0.05) is 0 Å². The summed E-state index contributed by atoms with van der Waals surface area (Å²) in [5.74, 6) is -0.247. The molecule has 0 aliphatic heterocycles. The molecule has 0 fully saturated rings. The Balaban J connectivity index is 2.15. The van der Waals surface area contributed by atoms with E-state index >= 15 is 0 Å². The van der Waals surface area contributed by atoms with Gasteiger partial charge in [0.05, 0.1) is 11.9 Å². The quantitative estimate of drug-likeness (QED) is 0.850. The molecule has 0 saturated heterocycles. The summed E-state index contributed by atoms with van der Waals surface area (Å²) >= 11 is 11.4. The van der Waals surface area contributed by atoms with Crippen LogP contribution in [0.4, 0.5) is 5.69 Å². The van der Waals surface area contributed by atoms with E-state index in [1.54, 1.807) is 13.0 Å². The molecule has 0 saturated carbocycles. The average molecular weight is 271 g/mol. The molecule has 0 aliphatic rings. The lowest BCUT2D eigenvalue weighted by atomic mass is 10.3. The lowest BCUT2D eigenvalue weighted by Crippen LogP contribution is -2.11. The first-order valence-corrected chi connectivity index (χ1v) is 5.50. The molecule has 0 spiro atoms. The van der Waals surface area contributed by atoms with Gasteiger partial charge in [0.1, 0.15) is 5.15 Å². The number of halogens is 2. The van der Waals surface area contributed by atoms with E-state index in [4.69, 9.17) is 27.6 Å². The molecular weight excluding hydrogens is 263 g/mol. The molecule has 4 nitrogen and oxygen atoms in total. The Bertz CT molecular complexity index is 566. The number of nitrogens with zero attached hydrogens (tertiary/aromatic N) is 1. The highest BCUT2D eigenvalue weighted by atomic mass is 35.5. The fourth-order valence-electron chi connectivity index (χ4n) is 1.26. The first-order valence-electron chi connectivity index (χ1n) is 4.75. The zero-order chi connectivity index (χ0) is 12.4. The minimum atomic E-state index is -0.388. The Morgan fingerprint density at radius 2 is 2.18 bits per heavy atom. The molecule has 0 unspecified atom stereocenters. The third-order valence-electron chi connectivity index (χ3n) is 2.07. The van der Waals surface area contributed by atoms with Crippen molar-refractivity contribution >= 4 is 34.8 Å². The van der Waals surface area contributed by atoms with Crippen LogP contribution in [0.2, 0.25) is 10.4 Å². The number of anilines is 1. The molecule has 0 radical (unpaired) electrons. The van der Waals surface area contributed by atoms with Crippen LogP contribution in [0.3, 0.4) is 0 Å². The summed E-state index contributed by atoms with van der Waals surface area (Å²) in [4.78, 5) is 15.6. The van der Waals surface area contributed by atoms with Gasteiger partial charge >= 0.3 is 0 Å². The van der Waals surface area contributed by atoms with Crippen molar-refractivity contribution in [2.75, 3.05) is 5.32 Å². The molecule has 2 aromatic heterocycles. The van der Waals surface area contributed by atoms with Crippen molar-refractivity contribution < 1.29 is 9.21 Å². The number of hydrogen-bond donors (Lipinski definition) is 1. The number of hydrogen-bond acceptors (Lipinski definition) is 3. The van der Waals surface area contributed by atoms with Crippen molar-refractivity contribution in [2.24, 2.45) is 0 Å². The van der Waals surface area contributed by atoms with Crippen molar-refractivity contribution in [3.05, 3.63) is 46.1 Å². The number of pyridine rings is 1. The summed E-state index contributed by atoms with van der Waals surface area (Å²) < 4.78 is 4.98. The Labute approximate surface area is 108 Å². The number of carbonyl (C=O) groups is 1. The number of aryl methyl sites for hydroxylation is 1. The van der Waals surface area contributed by atoms with Crippen LogP contribution in [-0.2, 0) is 0 Å². The highest BCUT2D eigenvalue weighted by Gasteiger charge is 2.11. The van der Waals surface area contributed by atoms with Crippen LogP contribution < -0.4 is 5.32 Å². The van der Waals surface area contributed by atoms with E-state index in [2.05, 4.69) is 10.3 Å². The number of rotatable bonds is 2. The Morgan fingerprint density at radius 3 is 2.76 bits per heavy atom. The standard InChI is InChI=1S/C11H8Cl2N2O2/c1-6-4-7(5-14-10(6)13)15-11(16)8-2-3-9(12)17-8/h2-5H,1H3,(H,15,16). The number of carbonyl (C=O) groups excluding carboxylic acids is 1. The third kappa shape index (κ3) is 2.78. The predicted octanol–water partition coefficient (Wildman–Crippen LogP) is 3.54. The van der Waals surface area contributed by atoms with Gasteiger partial charge in [-0.3, -0.25) is 4.79 Å². The topological polar surface area (TPSA) is 55.1 Å². The fraction of sp³-hybridized carbons (Fsp3) is 0.0909. The molecule has 0 bridgehead atoms. The fourth-order valence-corrected chi connectivity index (χ4v) is 1.50. The van der Waals surface area contributed by atoms with Crippen molar-refractivity contribution in [1.29, 1.82) is 0 Å². The lowest BCUT2D eigenvalue weighted by Gasteiger charge is -2.04. The molecule has 0 aliphatic carbocycles. The van der Waals surface area contributed by atoms with Gasteiger partial charge in [0.2, 0.25) is 0 Å². The molecular formula is C11H8Cl2N2O2. The minimum Gasteiger partial charge on any atom is -0.440 e. The first kappa shape index (κ1) is 12.0. The van der Waals surface area contributed by atoms with Crippen molar-refractivity contribution in [1.82, 2.24) is 4.98 Å².